The summed E-state index contributed by atoms with van der Waals surface area (Å²) >= 11 is 0. The molecule has 0 heterocycles. The van der Waals surface area contributed by atoms with Crippen LogP contribution in [0.2, 0.25) is 0 Å². The molecule has 5 atom stereocenters. The highest BCUT2D eigenvalue weighted by molar-refractivity contribution is 5.28. The molecular formula is C27H32O3. The van der Waals surface area contributed by atoms with Crippen molar-refractivity contribution in [1.82, 2.24) is 0 Å². The van der Waals surface area contributed by atoms with Crippen LogP contribution >= 0.6 is 0 Å². The van der Waals surface area contributed by atoms with Crippen LogP contribution in [0.15, 0.2) is 85.5 Å². The van der Waals surface area contributed by atoms with Crippen molar-refractivity contribution in [1.29, 1.82) is 0 Å². The summed E-state index contributed by atoms with van der Waals surface area (Å²) in [5, 5.41) is 11.4. The molecule has 3 nitrogen and oxygen atoms in total. The summed E-state index contributed by atoms with van der Waals surface area (Å²) in [6.45, 7) is 8.52. The number of hydrogen-bond acceptors (Lipinski definition) is 3. The van der Waals surface area contributed by atoms with Gasteiger partial charge in [0.05, 0.1) is 32.0 Å². The second-order valence-corrected chi connectivity index (χ2v) is 8.91. The molecule has 2 bridgehead atoms. The Labute approximate surface area is 180 Å². The van der Waals surface area contributed by atoms with Gasteiger partial charge in [-0.1, -0.05) is 85.8 Å². The summed E-state index contributed by atoms with van der Waals surface area (Å²) in [6, 6.07) is 20.5. The van der Waals surface area contributed by atoms with E-state index in [2.05, 4.69) is 49.9 Å². The SMILES string of the molecule is C=C[C@@]1(O)C[C@H]2C=C[C@]1(C)[C@H](COCc1ccccc1)[C@@H]2COCc1ccccc1. The van der Waals surface area contributed by atoms with Crippen molar-refractivity contribution in [3.05, 3.63) is 96.6 Å². The van der Waals surface area contributed by atoms with Gasteiger partial charge in [-0.2, -0.15) is 0 Å². The van der Waals surface area contributed by atoms with Crippen LogP contribution in [0.3, 0.4) is 0 Å². The molecule has 3 aliphatic carbocycles. The van der Waals surface area contributed by atoms with E-state index in [9.17, 15) is 5.11 Å². The molecule has 2 aromatic carbocycles. The predicted molar refractivity (Wildman–Crippen MR) is 120 cm³/mol. The van der Waals surface area contributed by atoms with E-state index in [0.29, 0.717) is 38.8 Å². The van der Waals surface area contributed by atoms with E-state index in [1.54, 1.807) is 6.08 Å². The monoisotopic (exact) mass is 404 g/mol. The number of ether oxygens (including phenoxy) is 2. The third-order valence-electron chi connectivity index (χ3n) is 7.17. The Hall–Kier alpha value is -2.20. The van der Waals surface area contributed by atoms with Gasteiger partial charge in [-0.15, -0.1) is 6.58 Å². The van der Waals surface area contributed by atoms with Gasteiger partial charge >= 0.3 is 0 Å². The standard InChI is InChI=1S/C27H32O3/c1-3-27(28)16-23-14-15-26(27,2)25(20-30-18-22-12-8-5-9-13-22)24(23)19-29-17-21-10-6-4-7-11-21/h3-15,23-25,28H,1,16-20H2,2H3/t23-,24-,25-,26-,27-/m1/s1. The Balaban J connectivity index is 1.47. The number of allylic oxidation sites excluding steroid dienone is 1. The Morgan fingerprint density at radius 3 is 2.10 bits per heavy atom. The van der Waals surface area contributed by atoms with Crippen molar-refractivity contribution in [3.63, 3.8) is 0 Å². The lowest BCUT2D eigenvalue weighted by atomic mass is 9.48. The van der Waals surface area contributed by atoms with E-state index in [4.69, 9.17) is 9.47 Å². The Kier molecular flexibility index (Phi) is 6.24. The van der Waals surface area contributed by atoms with E-state index in [1.807, 2.05) is 36.4 Å². The van der Waals surface area contributed by atoms with Crippen LogP contribution in [0, 0.1) is 23.2 Å². The fourth-order valence-electron chi connectivity index (χ4n) is 5.20. The second kappa shape index (κ2) is 8.89. The number of aliphatic hydroxyl groups is 1. The van der Waals surface area contributed by atoms with Crippen molar-refractivity contribution in [2.75, 3.05) is 13.2 Å². The zero-order valence-electron chi connectivity index (χ0n) is 17.7. The van der Waals surface area contributed by atoms with Crippen LogP contribution in [-0.4, -0.2) is 23.9 Å². The molecule has 1 saturated carbocycles. The summed E-state index contributed by atoms with van der Waals surface area (Å²) in [5.41, 5.74) is 1.01. The maximum Gasteiger partial charge on any atom is 0.0922 e. The minimum absolute atomic E-state index is 0.156. The molecule has 30 heavy (non-hydrogen) atoms. The summed E-state index contributed by atoms with van der Waals surface area (Å²) in [7, 11) is 0. The molecule has 0 amide bonds. The highest BCUT2D eigenvalue weighted by Gasteiger charge is 2.59. The van der Waals surface area contributed by atoms with Crippen LogP contribution in [0.4, 0.5) is 0 Å². The Bertz CT molecular complexity index is 862. The molecular weight excluding hydrogens is 372 g/mol. The average molecular weight is 405 g/mol. The summed E-state index contributed by atoms with van der Waals surface area (Å²) < 4.78 is 12.3. The lowest BCUT2D eigenvalue weighted by Gasteiger charge is -2.59. The van der Waals surface area contributed by atoms with Gasteiger partial charge in [0, 0.05) is 5.41 Å². The summed E-state index contributed by atoms with van der Waals surface area (Å²) in [5.74, 6) is 0.722. The van der Waals surface area contributed by atoms with Crippen molar-refractivity contribution < 1.29 is 14.6 Å². The zero-order chi connectivity index (χ0) is 21.0. The number of hydrogen-bond donors (Lipinski definition) is 1. The molecule has 0 radical (unpaired) electrons. The van der Waals surface area contributed by atoms with Gasteiger partial charge in [-0.25, -0.2) is 0 Å². The van der Waals surface area contributed by atoms with Crippen LogP contribution in [-0.2, 0) is 22.7 Å². The van der Waals surface area contributed by atoms with Crippen molar-refractivity contribution in [2.24, 2.45) is 23.2 Å². The van der Waals surface area contributed by atoms with Gasteiger partial charge in [-0.05, 0) is 35.3 Å². The normalized spacial score (nSPS) is 32.3. The predicted octanol–water partition coefficient (Wildman–Crippen LogP) is 5.17. The third kappa shape index (κ3) is 4.02. The first kappa shape index (κ1) is 21.0. The molecule has 1 fully saturated rings. The quantitative estimate of drug-likeness (QED) is 0.586. The van der Waals surface area contributed by atoms with E-state index in [1.165, 1.54) is 5.56 Å². The summed E-state index contributed by atoms with van der Waals surface area (Å²) in [6.07, 6.45) is 6.88. The van der Waals surface area contributed by atoms with E-state index < -0.39 is 11.0 Å². The van der Waals surface area contributed by atoms with Crippen LogP contribution < -0.4 is 0 Å². The van der Waals surface area contributed by atoms with Gasteiger partial charge in [0.2, 0.25) is 0 Å². The lowest BCUT2D eigenvalue weighted by Crippen LogP contribution is -2.61. The topological polar surface area (TPSA) is 38.7 Å². The Morgan fingerprint density at radius 2 is 1.53 bits per heavy atom. The minimum Gasteiger partial charge on any atom is -0.385 e. The molecule has 0 aromatic heterocycles. The first-order chi connectivity index (χ1) is 14.6. The molecule has 0 unspecified atom stereocenters. The molecule has 3 aliphatic rings. The first-order valence-electron chi connectivity index (χ1n) is 10.8. The highest BCUT2D eigenvalue weighted by Crippen LogP contribution is 2.58. The molecule has 1 N–H and O–H groups in total. The maximum atomic E-state index is 11.4. The number of benzene rings is 2. The third-order valence-corrected chi connectivity index (χ3v) is 7.17. The molecule has 158 valence electrons. The van der Waals surface area contributed by atoms with Gasteiger partial charge in [0.25, 0.3) is 0 Å². The van der Waals surface area contributed by atoms with E-state index in [-0.39, 0.29) is 11.8 Å². The van der Waals surface area contributed by atoms with Gasteiger partial charge in [-0.3, -0.25) is 0 Å². The van der Waals surface area contributed by atoms with Gasteiger partial charge in [0.1, 0.15) is 0 Å². The summed E-state index contributed by atoms with van der Waals surface area (Å²) in [4.78, 5) is 0. The molecule has 2 aromatic rings. The van der Waals surface area contributed by atoms with E-state index >= 15 is 0 Å². The maximum absolute atomic E-state index is 11.4. The molecule has 0 spiro atoms. The zero-order valence-corrected chi connectivity index (χ0v) is 17.7. The minimum atomic E-state index is -0.914. The average Bonchev–Trinajstić information content (AvgIpc) is 2.78. The number of fused-ring (bicyclic) bond motifs is 2. The fraction of sp³-hybridized carbons (Fsp3) is 0.407. The first-order valence-corrected chi connectivity index (χ1v) is 10.8. The van der Waals surface area contributed by atoms with Gasteiger partial charge in [0.15, 0.2) is 0 Å². The van der Waals surface area contributed by atoms with Crippen LogP contribution in [0.1, 0.15) is 24.5 Å². The molecule has 0 aliphatic heterocycles. The van der Waals surface area contributed by atoms with Crippen LogP contribution in [0.25, 0.3) is 0 Å². The molecule has 0 saturated heterocycles. The van der Waals surface area contributed by atoms with E-state index in [0.717, 1.165) is 5.56 Å². The lowest BCUT2D eigenvalue weighted by molar-refractivity contribution is -0.155. The highest BCUT2D eigenvalue weighted by atomic mass is 16.5. The smallest absolute Gasteiger partial charge is 0.0922 e. The fourth-order valence-corrected chi connectivity index (χ4v) is 5.20. The molecule has 5 rings (SSSR count). The molecule has 3 heteroatoms. The van der Waals surface area contributed by atoms with Crippen molar-refractivity contribution in [2.45, 2.75) is 32.2 Å². The largest absolute Gasteiger partial charge is 0.385 e. The van der Waals surface area contributed by atoms with Crippen LogP contribution in [0.5, 0.6) is 0 Å². The van der Waals surface area contributed by atoms with Gasteiger partial charge < -0.3 is 14.6 Å². The Morgan fingerprint density at radius 1 is 0.967 bits per heavy atom. The van der Waals surface area contributed by atoms with Crippen molar-refractivity contribution >= 4 is 0 Å². The second-order valence-electron chi connectivity index (χ2n) is 8.91. The van der Waals surface area contributed by atoms with Crippen molar-refractivity contribution in [3.8, 4) is 0 Å². The number of rotatable bonds is 9.